The van der Waals surface area contributed by atoms with Gasteiger partial charge in [0.05, 0.1) is 17.6 Å². The molecule has 9 heteroatoms. The molecule has 0 radical (unpaired) electrons. The minimum Gasteiger partial charge on any atom is -0.481 e. The summed E-state index contributed by atoms with van der Waals surface area (Å²) in [4.78, 5) is 10.9. The lowest BCUT2D eigenvalue weighted by atomic mass is 9.96. The van der Waals surface area contributed by atoms with Gasteiger partial charge in [0, 0.05) is 13.1 Å². The molecule has 0 aromatic carbocycles. The first kappa shape index (κ1) is 17.2. The molecule has 0 aliphatic carbocycles. The van der Waals surface area contributed by atoms with Crippen LogP contribution < -0.4 is 0 Å². The zero-order chi connectivity index (χ0) is 15.7. The number of sulfonamides is 1. The van der Waals surface area contributed by atoms with Gasteiger partial charge in [0.2, 0.25) is 10.0 Å². The Morgan fingerprint density at radius 1 is 1.35 bits per heavy atom. The van der Waals surface area contributed by atoms with Gasteiger partial charge in [0.1, 0.15) is 0 Å². The second-order valence-corrected chi connectivity index (χ2v) is 7.50. The first-order valence-electron chi connectivity index (χ1n) is 6.22. The molecule has 1 aliphatic rings. The number of hydrogen-bond acceptors (Lipinski definition) is 3. The fourth-order valence-corrected chi connectivity index (χ4v) is 3.89. The van der Waals surface area contributed by atoms with E-state index in [1.165, 1.54) is 0 Å². The highest BCUT2D eigenvalue weighted by Crippen LogP contribution is 2.38. The topological polar surface area (TPSA) is 74.7 Å². The Labute approximate surface area is 115 Å². The van der Waals surface area contributed by atoms with E-state index in [4.69, 9.17) is 5.11 Å². The van der Waals surface area contributed by atoms with E-state index >= 15 is 0 Å². The van der Waals surface area contributed by atoms with E-state index in [1.807, 2.05) is 0 Å². The summed E-state index contributed by atoms with van der Waals surface area (Å²) >= 11 is 0. The van der Waals surface area contributed by atoms with Gasteiger partial charge in [0.25, 0.3) is 0 Å². The van der Waals surface area contributed by atoms with Crippen molar-refractivity contribution in [2.45, 2.75) is 26.4 Å². The van der Waals surface area contributed by atoms with Gasteiger partial charge in [-0.1, -0.05) is 13.8 Å². The summed E-state index contributed by atoms with van der Waals surface area (Å²) in [5, 5.41) is 8.83. The molecule has 1 saturated heterocycles. The number of carboxylic acids is 1. The molecule has 0 saturated carbocycles. The van der Waals surface area contributed by atoms with Crippen molar-refractivity contribution in [2.75, 3.05) is 18.8 Å². The van der Waals surface area contributed by atoms with E-state index in [9.17, 15) is 26.4 Å². The maximum absolute atomic E-state index is 12.8. The molecule has 1 rings (SSSR count). The number of hydrogen-bond donors (Lipinski definition) is 1. The predicted octanol–water partition coefficient (Wildman–Crippen LogP) is 1.56. The molecule has 0 aromatic rings. The smallest absolute Gasteiger partial charge is 0.393 e. The van der Waals surface area contributed by atoms with Crippen LogP contribution in [0.3, 0.4) is 0 Å². The van der Waals surface area contributed by atoms with Gasteiger partial charge in [-0.25, -0.2) is 12.7 Å². The molecule has 1 fully saturated rings. The van der Waals surface area contributed by atoms with Crippen molar-refractivity contribution in [3.63, 3.8) is 0 Å². The minimum atomic E-state index is -4.72. The van der Waals surface area contributed by atoms with Crippen LogP contribution in [-0.2, 0) is 14.8 Å². The summed E-state index contributed by atoms with van der Waals surface area (Å²) in [6, 6.07) is 0. The molecule has 2 atom stereocenters. The highest BCUT2D eigenvalue weighted by atomic mass is 32.2. The van der Waals surface area contributed by atoms with Crippen LogP contribution in [0.15, 0.2) is 0 Å². The molecule has 1 heterocycles. The molecule has 1 N–H and O–H groups in total. The third-order valence-electron chi connectivity index (χ3n) is 3.37. The quantitative estimate of drug-likeness (QED) is 0.835. The van der Waals surface area contributed by atoms with Gasteiger partial charge < -0.3 is 5.11 Å². The highest BCUT2D eigenvalue weighted by molar-refractivity contribution is 7.89. The van der Waals surface area contributed by atoms with E-state index < -0.39 is 47.1 Å². The molecule has 118 valence electrons. The predicted molar refractivity (Wildman–Crippen MR) is 65.5 cm³/mol. The fourth-order valence-electron chi connectivity index (χ4n) is 2.09. The fraction of sp³-hybridized carbons (Fsp3) is 0.909. The van der Waals surface area contributed by atoms with Crippen LogP contribution in [-0.4, -0.2) is 48.8 Å². The molecule has 5 nitrogen and oxygen atoms in total. The average molecular weight is 317 g/mol. The minimum absolute atomic E-state index is 0.0982. The monoisotopic (exact) mass is 317 g/mol. The van der Waals surface area contributed by atoms with E-state index in [0.29, 0.717) is 10.7 Å². The van der Waals surface area contributed by atoms with Crippen molar-refractivity contribution in [3.8, 4) is 0 Å². The molecule has 1 aliphatic heterocycles. The normalized spacial score (nSPS) is 25.3. The largest absolute Gasteiger partial charge is 0.481 e. The molecule has 0 spiro atoms. The van der Waals surface area contributed by atoms with Gasteiger partial charge >= 0.3 is 12.1 Å². The zero-order valence-corrected chi connectivity index (χ0v) is 12.0. The van der Waals surface area contributed by atoms with Crippen molar-refractivity contribution in [1.29, 1.82) is 0 Å². The van der Waals surface area contributed by atoms with E-state index in [-0.39, 0.29) is 11.7 Å². The lowest BCUT2D eigenvalue weighted by Crippen LogP contribution is -2.34. The highest BCUT2D eigenvalue weighted by Gasteiger charge is 2.54. The molecule has 0 aromatic heterocycles. The van der Waals surface area contributed by atoms with Crippen LogP contribution in [0.25, 0.3) is 0 Å². The van der Waals surface area contributed by atoms with Gasteiger partial charge in [-0.15, -0.1) is 0 Å². The van der Waals surface area contributed by atoms with Crippen molar-refractivity contribution < 1.29 is 31.5 Å². The van der Waals surface area contributed by atoms with Crippen LogP contribution >= 0.6 is 0 Å². The number of aliphatic carboxylic acids is 1. The summed E-state index contributed by atoms with van der Waals surface area (Å²) < 4.78 is 62.8. The molecular formula is C11H18F3NO4S. The molecular weight excluding hydrogens is 299 g/mol. The van der Waals surface area contributed by atoms with Crippen LogP contribution in [0.2, 0.25) is 0 Å². The second kappa shape index (κ2) is 5.88. The third-order valence-corrected chi connectivity index (χ3v) is 5.21. The summed E-state index contributed by atoms with van der Waals surface area (Å²) in [7, 11) is -3.84. The van der Waals surface area contributed by atoms with E-state index in [0.717, 1.165) is 0 Å². The van der Waals surface area contributed by atoms with Crippen molar-refractivity contribution in [2.24, 2.45) is 17.8 Å². The number of nitrogens with zero attached hydrogens (tertiary/aromatic N) is 1. The first-order chi connectivity index (χ1) is 8.95. The second-order valence-electron chi connectivity index (χ2n) is 5.41. The Morgan fingerprint density at radius 2 is 1.90 bits per heavy atom. The lowest BCUT2D eigenvalue weighted by Gasteiger charge is -2.18. The lowest BCUT2D eigenvalue weighted by molar-refractivity contribution is -0.187. The van der Waals surface area contributed by atoms with Crippen LogP contribution in [0.4, 0.5) is 13.2 Å². The van der Waals surface area contributed by atoms with E-state index in [2.05, 4.69) is 0 Å². The van der Waals surface area contributed by atoms with Crippen molar-refractivity contribution in [1.82, 2.24) is 4.31 Å². The van der Waals surface area contributed by atoms with Crippen LogP contribution in [0.1, 0.15) is 20.3 Å². The van der Waals surface area contributed by atoms with Gasteiger partial charge in [0.15, 0.2) is 0 Å². The maximum Gasteiger partial charge on any atom is 0.393 e. The van der Waals surface area contributed by atoms with Gasteiger partial charge in [-0.2, -0.15) is 13.2 Å². The van der Waals surface area contributed by atoms with Gasteiger partial charge in [-0.05, 0) is 12.3 Å². The molecule has 0 amide bonds. The average Bonchev–Trinajstić information content (AvgIpc) is 2.71. The standard InChI is InChI=1S/C11H18F3NO4S/c1-7(2)3-4-20(18,19)15-5-8(10(16)17)9(6-15)11(12,13)14/h7-9H,3-6H2,1-2H3,(H,16,17)/t8-,9-/m1/s1. The molecule has 20 heavy (non-hydrogen) atoms. The summed E-state index contributed by atoms with van der Waals surface area (Å²) in [6.07, 6.45) is -4.39. The van der Waals surface area contributed by atoms with Crippen molar-refractivity contribution in [3.05, 3.63) is 0 Å². The van der Waals surface area contributed by atoms with Gasteiger partial charge in [-0.3, -0.25) is 4.79 Å². The Morgan fingerprint density at radius 3 is 2.25 bits per heavy atom. The Balaban J connectivity index is 2.88. The van der Waals surface area contributed by atoms with E-state index in [1.54, 1.807) is 13.8 Å². The number of rotatable bonds is 5. The molecule has 0 bridgehead atoms. The summed E-state index contributed by atoms with van der Waals surface area (Å²) in [6.45, 7) is 2.19. The van der Waals surface area contributed by atoms with Crippen molar-refractivity contribution >= 4 is 16.0 Å². The van der Waals surface area contributed by atoms with Crippen LogP contribution in [0, 0.1) is 17.8 Å². The maximum atomic E-state index is 12.8. The Kier molecular flexibility index (Phi) is 5.07. The Bertz CT molecular complexity index is 461. The van der Waals surface area contributed by atoms with Crippen LogP contribution in [0.5, 0.6) is 0 Å². The Hall–Kier alpha value is -0.830. The SMILES string of the molecule is CC(C)CCS(=O)(=O)N1C[C@@H](C(F)(F)F)[C@H](C(=O)O)C1. The zero-order valence-electron chi connectivity index (χ0n) is 11.2. The number of halogens is 3. The summed E-state index contributed by atoms with van der Waals surface area (Å²) in [5.74, 6) is -5.66. The third kappa shape index (κ3) is 4.08. The summed E-state index contributed by atoms with van der Waals surface area (Å²) in [5.41, 5.74) is 0. The number of alkyl halides is 3. The first-order valence-corrected chi connectivity index (χ1v) is 7.83. The number of carboxylic acid groups (broad SMARTS) is 1. The number of carbonyl (C=O) groups is 1. The molecule has 0 unspecified atom stereocenters.